The predicted octanol–water partition coefficient (Wildman–Crippen LogP) is 7.27. The molecular weight excluding hydrogens is 549 g/mol. The molecule has 2 aliphatic rings. The highest BCUT2D eigenvalue weighted by Crippen LogP contribution is 2.36. The minimum Gasteiger partial charge on any atom is -0.424 e. The summed E-state index contributed by atoms with van der Waals surface area (Å²) in [6, 6.07) is 10.3. The van der Waals surface area contributed by atoms with Gasteiger partial charge in [-0.1, -0.05) is 18.0 Å². The number of benzene rings is 1. The molecule has 0 amide bonds. The Labute approximate surface area is 241 Å². The van der Waals surface area contributed by atoms with Gasteiger partial charge in [0.05, 0.1) is 6.20 Å². The Morgan fingerprint density at radius 3 is 2.52 bits per heavy atom. The Morgan fingerprint density at radius 1 is 0.976 bits per heavy atom. The molecule has 9 nitrogen and oxygen atoms in total. The summed E-state index contributed by atoms with van der Waals surface area (Å²) in [5.41, 5.74) is 1.46. The molecule has 1 aliphatic heterocycles. The van der Waals surface area contributed by atoms with Gasteiger partial charge in [-0.15, -0.1) is 13.2 Å². The van der Waals surface area contributed by atoms with E-state index in [2.05, 4.69) is 30.1 Å². The van der Waals surface area contributed by atoms with Crippen LogP contribution >= 0.6 is 0 Å². The molecule has 1 saturated carbocycles. The van der Waals surface area contributed by atoms with Gasteiger partial charge < -0.3 is 23.9 Å². The number of halogens is 3. The Balaban J connectivity index is 1.06. The van der Waals surface area contributed by atoms with E-state index >= 15 is 0 Å². The minimum atomic E-state index is -4.73. The summed E-state index contributed by atoms with van der Waals surface area (Å²) in [6.07, 6.45) is 6.65. The first-order valence-corrected chi connectivity index (χ1v) is 14.4. The Hall–Kier alpha value is -4.09. The van der Waals surface area contributed by atoms with Crippen LogP contribution < -0.4 is 15.0 Å². The lowest BCUT2D eigenvalue weighted by atomic mass is 9.77. The monoisotopic (exact) mass is 582 g/mol. The van der Waals surface area contributed by atoms with E-state index in [1.54, 1.807) is 19.3 Å². The van der Waals surface area contributed by atoms with Crippen molar-refractivity contribution in [1.29, 1.82) is 0 Å². The van der Waals surface area contributed by atoms with Gasteiger partial charge in [-0.3, -0.25) is 0 Å². The molecule has 0 spiro atoms. The molecule has 4 aromatic rings. The highest BCUT2D eigenvalue weighted by atomic mass is 19.4. The van der Waals surface area contributed by atoms with E-state index in [0.717, 1.165) is 56.6 Å². The van der Waals surface area contributed by atoms with Gasteiger partial charge in [0.25, 0.3) is 6.01 Å². The summed E-state index contributed by atoms with van der Waals surface area (Å²) in [7, 11) is 0. The standard InChI is InChI=1S/C30H33F3N6O3/c1-19-36-28(38-42-19)23-10-13-27(34-16-23)39-14-4-5-20(18-39)15-22-6-2-3-7-25(22)37-29-35-17-26(40-29)21-8-11-24(12-9-21)41-30(31,32)33/h8-13,16-17,20,22,25H,2-7,14-15,18H2,1H3,(H,35,37)/t20-,22+,25-/m1/s1. The number of aryl methyl sites for hydroxylation is 1. The minimum absolute atomic E-state index is 0.249. The third-order valence-electron chi connectivity index (χ3n) is 8.11. The molecule has 0 bridgehead atoms. The fourth-order valence-corrected chi connectivity index (χ4v) is 6.15. The summed E-state index contributed by atoms with van der Waals surface area (Å²) in [4.78, 5) is 15.8. The van der Waals surface area contributed by atoms with Crippen molar-refractivity contribution in [2.24, 2.45) is 11.8 Å². The SMILES string of the molecule is Cc1nc(-c2ccc(N3CCC[C@H](C[C@@H]4CCCC[C@H]4Nc4ncc(-c5ccc(OC(F)(F)F)cc5)o4)C3)nc2)no1. The van der Waals surface area contributed by atoms with Crippen molar-refractivity contribution >= 4 is 11.8 Å². The van der Waals surface area contributed by atoms with Gasteiger partial charge in [-0.05, 0) is 80.3 Å². The number of rotatable bonds is 8. The lowest BCUT2D eigenvalue weighted by Gasteiger charge is -2.38. The number of pyridine rings is 1. The third kappa shape index (κ3) is 6.85. The van der Waals surface area contributed by atoms with Crippen LogP contribution in [0.1, 0.15) is 50.8 Å². The summed E-state index contributed by atoms with van der Waals surface area (Å²) in [5.74, 6) is 3.30. The molecule has 1 saturated heterocycles. The van der Waals surface area contributed by atoms with E-state index in [0.29, 0.717) is 40.9 Å². The average Bonchev–Trinajstić information content (AvgIpc) is 3.63. The van der Waals surface area contributed by atoms with E-state index in [1.807, 2.05) is 12.1 Å². The number of anilines is 2. The van der Waals surface area contributed by atoms with Crippen LogP contribution in [0.4, 0.5) is 25.0 Å². The summed E-state index contributed by atoms with van der Waals surface area (Å²) < 4.78 is 52.4. The van der Waals surface area contributed by atoms with Crippen LogP contribution in [0.15, 0.2) is 57.7 Å². The first kappa shape index (κ1) is 28.0. The third-order valence-corrected chi connectivity index (χ3v) is 8.11. The molecule has 0 radical (unpaired) electrons. The van der Waals surface area contributed by atoms with Crippen LogP contribution in [0, 0.1) is 18.8 Å². The average molecular weight is 583 g/mol. The zero-order valence-electron chi connectivity index (χ0n) is 23.3. The van der Waals surface area contributed by atoms with Crippen LogP contribution in [0.2, 0.25) is 0 Å². The molecular formula is C30H33F3N6O3. The fraction of sp³-hybridized carbons (Fsp3) is 0.467. The summed E-state index contributed by atoms with van der Waals surface area (Å²) in [5, 5.41) is 7.50. The van der Waals surface area contributed by atoms with Gasteiger partial charge in [-0.2, -0.15) is 4.98 Å². The number of hydrogen-bond acceptors (Lipinski definition) is 9. The van der Waals surface area contributed by atoms with E-state index in [-0.39, 0.29) is 11.8 Å². The number of nitrogens with zero attached hydrogens (tertiary/aromatic N) is 5. The largest absolute Gasteiger partial charge is 0.573 e. The number of oxazole rings is 1. The molecule has 3 aromatic heterocycles. The van der Waals surface area contributed by atoms with Crippen molar-refractivity contribution in [3.05, 3.63) is 54.7 Å². The molecule has 6 rings (SSSR count). The molecule has 0 unspecified atom stereocenters. The summed E-state index contributed by atoms with van der Waals surface area (Å²) in [6.45, 7) is 3.72. The van der Waals surface area contributed by atoms with Crippen molar-refractivity contribution in [3.8, 4) is 28.5 Å². The van der Waals surface area contributed by atoms with Crippen molar-refractivity contribution in [2.75, 3.05) is 23.3 Å². The lowest BCUT2D eigenvalue weighted by Crippen LogP contribution is -2.39. The second-order valence-electron chi connectivity index (χ2n) is 11.1. The van der Waals surface area contributed by atoms with E-state index < -0.39 is 6.36 Å². The van der Waals surface area contributed by atoms with E-state index in [9.17, 15) is 13.2 Å². The summed E-state index contributed by atoms with van der Waals surface area (Å²) >= 11 is 0. The lowest BCUT2D eigenvalue weighted by molar-refractivity contribution is -0.274. The second-order valence-corrected chi connectivity index (χ2v) is 11.1. The predicted molar refractivity (Wildman–Crippen MR) is 150 cm³/mol. The van der Waals surface area contributed by atoms with E-state index in [1.165, 1.54) is 37.1 Å². The number of alkyl halides is 3. The normalized spacial score (nSPS) is 21.3. The fourth-order valence-electron chi connectivity index (χ4n) is 6.15. The maximum Gasteiger partial charge on any atom is 0.573 e. The number of hydrogen-bond donors (Lipinski definition) is 1. The maximum absolute atomic E-state index is 12.5. The first-order chi connectivity index (χ1) is 20.3. The first-order valence-electron chi connectivity index (χ1n) is 14.4. The molecule has 1 N–H and O–H groups in total. The second kappa shape index (κ2) is 12.0. The smallest absolute Gasteiger partial charge is 0.424 e. The highest BCUT2D eigenvalue weighted by Gasteiger charge is 2.32. The van der Waals surface area contributed by atoms with Crippen molar-refractivity contribution in [1.82, 2.24) is 20.1 Å². The molecule has 4 heterocycles. The van der Waals surface area contributed by atoms with Crippen LogP contribution in [-0.4, -0.2) is 45.6 Å². The van der Waals surface area contributed by atoms with Gasteiger partial charge in [0.1, 0.15) is 11.6 Å². The molecule has 2 fully saturated rings. The highest BCUT2D eigenvalue weighted by molar-refractivity contribution is 5.59. The van der Waals surface area contributed by atoms with Crippen LogP contribution in [-0.2, 0) is 0 Å². The number of ether oxygens (including phenoxy) is 1. The molecule has 1 aromatic carbocycles. The Morgan fingerprint density at radius 2 is 1.79 bits per heavy atom. The molecule has 1 aliphatic carbocycles. The maximum atomic E-state index is 12.5. The zero-order valence-corrected chi connectivity index (χ0v) is 23.3. The van der Waals surface area contributed by atoms with Crippen LogP contribution in [0.3, 0.4) is 0 Å². The van der Waals surface area contributed by atoms with Crippen molar-refractivity contribution in [3.63, 3.8) is 0 Å². The number of aromatic nitrogens is 4. The van der Waals surface area contributed by atoms with Gasteiger partial charge in [0.2, 0.25) is 11.7 Å². The number of piperidine rings is 1. The van der Waals surface area contributed by atoms with Gasteiger partial charge in [0.15, 0.2) is 5.76 Å². The van der Waals surface area contributed by atoms with Crippen LogP contribution in [0.5, 0.6) is 5.75 Å². The van der Waals surface area contributed by atoms with Crippen LogP contribution in [0.25, 0.3) is 22.7 Å². The zero-order chi connectivity index (χ0) is 29.1. The van der Waals surface area contributed by atoms with E-state index in [4.69, 9.17) is 13.9 Å². The Bertz CT molecular complexity index is 1450. The van der Waals surface area contributed by atoms with Crippen molar-refractivity contribution < 1.29 is 26.8 Å². The van der Waals surface area contributed by atoms with Gasteiger partial charge in [0, 0.05) is 43.4 Å². The topological polar surface area (TPSA) is 102 Å². The van der Waals surface area contributed by atoms with Crippen molar-refractivity contribution in [2.45, 2.75) is 64.3 Å². The Kier molecular flexibility index (Phi) is 8.03. The molecule has 12 heteroatoms. The number of nitrogens with one attached hydrogen (secondary N) is 1. The molecule has 42 heavy (non-hydrogen) atoms. The molecule has 222 valence electrons. The quantitative estimate of drug-likeness (QED) is 0.230. The molecule has 3 atom stereocenters. The van der Waals surface area contributed by atoms with Gasteiger partial charge >= 0.3 is 6.36 Å². The van der Waals surface area contributed by atoms with Gasteiger partial charge in [-0.25, -0.2) is 9.97 Å².